The molecule has 0 aromatic rings. The molecule has 0 aromatic carbocycles. The summed E-state index contributed by atoms with van der Waals surface area (Å²) in [6.07, 6.45) is -5.00. The lowest BCUT2D eigenvalue weighted by molar-refractivity contribution is -0.197. The van der Waals surface area contributed by atoms with Gasteiger partial charge < -0.3 is 19.5 Å². The van der Waals surface area contributed by atoms with Gasteiger partial charge in [0.2, 0.25) is 0 Å². The number of carbonyl (C=O) groups is 2. The van der Waals surface area contributed by atoms with Crippen LogP contribution in [0.25, 0.3) is 0 Å². The van der Waals surface area contributed by atoms with Crippen LogP contribution < -0.4 is 0 Å². The van der Waals surface area contributed by atoms with Crippen molar-refractivity contribution in [2.45, 2.75) is 63.9 Å². The maximum Gasteiger partial charge on any atom is 0.471 e. The number of aliphatic carboxylic acids is 1. The Bertz CT molecular complexity index is 539. The Balaban J connectivity index is 2.36. The molecule has 9 heteroatoms. The van der Waals surface area contributed by atoms with E-state index in [0.29, 0.717) is 0 Å². The van der Waals surface area contributed by atoms with Gasteiger partial charge in [0.15, 0.2) is 0 Å². The zero-order chi connectivity index (χ0) is 19.7. The van der Waals surface area contributed by atoms with Crippen molar-refractivity contribution in [3.8, 4) is 0 Å². The van der Waals surface area contributed by atoms with Gasteiger partial charge in [-0.2, -0.15) is 13.2 Å². The van der Waals surface area contributed by atoms with Gasteiger partial charge in [0, 0.05) is 19.8 Å². The zero-order valence-corrected chi connectivity index (χ0v) is 15.2. The third kappa shape index (κ3) is 3.83. The number of alkyl halides is 3. The molecule has 2 aliphatic rings. The highest BCUT2D eigenvalue weighted by Crippen LogP contribution is 2.47. The zero-order valence-electron chi connectivity index (χ0n) is 15.2. The fourth-order valence-electron chi connectivity index (χ4n) is 4.23. The molecule has 0 bridgehead atoms. The van der Waals surface area contributed by atoms with E-state index in [1.807, 2.05) is 0 Å². The first kappa shape index (κ1) is 21.0. The summed E-state index contributed by atoms with van der Waals surface area (Å²) in [5, 5.41) is 9.67. The number of nitrogens with zero attached hydrogens (tertiary/aromatic N) is 1. The van der Waals surface area contributed by atoms with Gasteiger partial charge in [0.05, 0.1) is 18.1 Å². The number of halogens is 3. The van der Waals surface area contributed by atoms with Crippen LogP contribution in [0.4, 0.5) is 13.2 Å². The molecule has 1 amide bonds. The van der Waals surface area contributed by atoms with E-state index in [9.17, 15) is 27.9 Å². The minimum Gasteiger partial charge on any atom is -0.481 e. The molecular weight excluding hydrogens is 355 g/mol. The second-order valence-electron chi connectivity index (χ2n) is 7.43. The highest BCUT2D eigenvalue weighted by Gasteiger charge is 2.55. The van der Waals surface area contributed by atoms with Crippen LogP contribution >= 0.6 is 0 Å². The number of ether oxygens (including phenoxy) is 2. The van der Waals surface area contributed by atoms with Crippen LogP contribution in [0.1, 0.15) is 39.5 Å². The maximum absolute atomic E-state index is 13.3. The van der Waals surface area contributed by atoms with Crippen LogP contribution in [0.2, 0.25) is 0 Å². The monoisotopic (exact) mass is 381 g/mol. The summed E-state index contributed by atoms with van der Waals surface area (Å²) in [5.41, 5.74) is -1.12. The van der Waals surface area contributed by atoms with Crippen LogP contribution in [0.3, 0.4) is 0 Å². The lowest BCUT2D eigenvalue weighted by atomic mass is 9.75. The van der Waals surface area contributed by atoms with Crippen molar-refractivity contribution in [1.29, 1.82) is 0 Å². The quantitative estimate of drug-likeness (QED) is 0.792. The molecule has 1 heterocycles. The number of amides is 1. The molecule has 3 unspecified atom stereocenters. The van der Waals surface area contributed by atoms with Crippen molar-refractivity contribution in [3.05, 3.63) is 0 Å². The van der Waals surface area contributed by atoms with Gasteiger partial charge >= 0.3 is 18.1 Å². The predicted octanol–water partition coefficient (Wildman–Crippen LogP) is 2.46. The normalized spacial score (nSPS) is 32.7. The Morgan fingerprint density at radius 3 is 2.42 bits per heavy atom. The fourth-order valence-corrected chi connectivity index (χ4v) is 4.23. The molecule has 6 nitrogen and oxygen atoms in total. The van der Waals surface area contributed by atoms with E-state index < -0.39 is 41.7 Å². The van der Waals surface area contributed by atoms with Gasteiger partial charge in [-0.05, 0) is 31.6 Å². The van der Waals surface area contributed by atoms with Crippen LogP contribution in [0.15, 0.2) is 0 Å². The lowest BCUT2D eigenvalue weighted by Crippen LogP contribution is -2.58. The number of hydrogen-bond donors (Lipinski definition) is 1. The molecule has 0 aromatic heterocycles. The number of carbonyl (C=O) groups excluding carboxylic acids is 1. The number of rotatable bonds is 5. The molecule has 1 aliphatic carbocycles. The van der Waals surface area contributed by atoms with Crippen LogP contribution in [0, 0.1) is 11.3 Å². The van der Waals surface area contributed by atoms with Gasteiger partial charge in [-0.25, -0.2) is 0 Å². The number of methoxy groups -OCH3 is 1. The Morgan fingerprint density at radius 2 is 1.96 bits per heavy atom. The number of carboxylic acid groups (broad SMARTS) is 1. The van der Waals surface area contributed by atoms with Gasteiger partial charge in [-0.3, -0.25) is 9.59 Å². The fraction of sp³-hybridized carbons (Fsp3) is 0.882. The summed E-state index contributed by atoms with van der Waals surface area (Å²) >= 11 is 0. The smallest absolute Gasteiger partial charge is 0.471 e. The molecule has 0 spiro atoms. The maximum atomic E-state index is 13.3. The van der Waals surface area contributed by atoms with Gasteiger partial charge in [0.25, 0.3) is 0 Å². The van der Waals surface area contributed by atoms with E-state index in [2.05, 4.69) is 0 Å². The summed E-state index contributed by atoms with van der Waals surface area (Å²) in [6.45, 7) is 3.83. The summed E-state index contributed by atoms with van der Waals surface area (Å²) in [5.74, 6) is -3.20. The minimum atomic E-state index is -5.02. The summed E-state index contributed by atoms with van der Waals surface area (Å²) < 4.78 is 50.3. The van der Waals surface area contributed by atoms with Crippen molar-refractivity contribution >= 4 is 11.9 Å². The topological polar surface area (TPSA) is 76.1 Å². The lowest BCUT2D eigenvalue weighted by Gasteiger charge is -2.43. The van der Waals surface area contributed by atoms with Crippen molar-refractivity contribution in [1.82, 2.24) is 4.90 Å². The van der Waals surface area contributed by atoms with E-state index >= 15 is 0 Å². The van der Waals surface area contributed by atoms with Crippen LogP contribution in [-0.2, 0) is 19.1 Å². The van der Waals surface area contributed by atoms with Crippen molar-refractivity contribution < 1.29 is 37.3 Å². The molecule has 0 radical (unpaired) electrons. The molecular formula is C17H26F3NO5. The van der Waals surface area contributed by atoms with E-state index in [4.69, 9.17) is 9.47 Å². The van der Waals surface area contributed by atoms with Crippen molar-refractivity contribution in [2.75, 3.05) is 20.3 Å². The number of hydrogen-bond acceptors (Lipinski definition) is 4. The first-order valence-corrected chi connectivity index (χ1v) is 8.78. The van der Waals surface area contributed by atoms with E-state index in [-0.39, 0.29) is 44.8 Å². The molecule has 1 saturated heterocycles. The van der Waals surface area contributed by atoms with E-state index in [0.717, 1.165) is 4.90 Å². The van der Waals surface area contributed by atoms with Gasteiger partial charge in [-0.15, -0.1) is 0 Å². The molecule has 2 rings (SSSR count). The number of carboxylic acids is 1. The molecule has 2 fully saturated rings. The Hall–Kier alpha value is -1.35. The summed E-state index contributed by atoms with van der Waals surface area (Å²) in [7, 11) is 1.37. The average molecular weight is 381 g/mol. The first-order valence-electron chi connectivity index (χ1n) is 8.78. The molecule has 150 valence electrons. The minimum absolute atomic E-state index is 0.00954. The Morgan fingerprint density at radius 1 is 1.31 bits per heavy atom. The summed E-state index contributed by atoms with van der Waals surface area (Å²) in [6, 6.07) is -1.58. The Kier molecular flexibility index (Phi) is 6.22. The first-order chi connectivity index (χ1) is 12.0. The van der Waals surface area contributed by atoms with Crippen LogP contribution in [0.5, 0.6) is 0 Å². The van der Waals surface area contributed by atoms with Crippen LogP contribution in [-0.4, -0.2) is 66.6 Å². The second-order valence-corrected chi connectivity index (χ2v) is 7.43. The van der Waals surface area contributed by atoms with E-state index in [1.165, 1.54) is 7.11 Å². The van der Waals surface area contributed by atoms with E-state index in [1.54, 1.807) is 13.8 Å². The molecule has 1 saturated carbocycles. The third-order valence-corrected chi connectivity index (χ3v) is 5.85. The third-order valence-electron chi connectivity index (χ3n) is 5.85. The van der Waals surface area contributed by atoms with Gasteiger partial charge in [-0.1, -0.05) is 13.8 Å². The second kappa shape index (κ2) is 7.72. The average Bonchev–Trinajstić information content (AvgIpc) is 3.01. The Labute approximate surface area is 150 Å². The summed E-state index contributed by atoms with van der Waals surface area (Å²) in [4.78, 5) is 24.9. The largest absolute Gasteiger partial charge is 0.481 e. The van der Waals surface area contributed by atoms with Gasteiger partial charge in [0.1, 0.15) is 6.10 Å². The molecule has 1 aliphatic heterocycles. The van der Waals surface area contributed by atoms with Crippen molar-refractivity contribution in [2.24, 2.45) is 11.3 Å². The predicted molar refractivity (Wildman–Crippen MR) is 85.5 cm³/mol. The molecule has 4 atom stereocenters. The highest BCUT2D eigenvalue weighted by molar-refractivity contribution is 5.83. The highest BCUT2D eigenvalue weighted by atomic mass is 19.4. The molecule has 26 heavy (non-hydrogen) atoms. The SMILES string of the molecule is COC1COCCC1N(C(=O)C(F)(F)F)C1CC[C@@](C(=O)O)(C(C)C)C1. The molecule has 1 N–H and O–H groups in total. The standard InChI is InChI=1S/C17H26F3NO5/c1-10(2)16(15(23)24)6-4-11(8-16)21(14(22)17(18,19)20)12-5-7-26-9-13(12)25-3/h10-13H,4-9H2,1-3H3,(H,23,24)/t11?,12?,13?,16-/m0/s1. The van der Waals surface area contributed by atoms with Crippen molar-refractivity contribution in [3.63, 3.8) is 0 Å².